The van der Waals surface area contributed by atoms with Crippen LogP contribution in [0.4, 0.5) is 0 Å². The Hall–Kier alpha value is -0.930. The van der Waals surface area contributed by atoms with E-state index in [-0.39, 0.29) is 0 Å². The first-order valence-corrected chi connectivity index (χ1v) is 8.00. The van der Waals surface area contributed by atoms with Crippen molar-refractivity contribution in [1.29, 1.82) is 0 Å². The monoisotopic (exact) mass is 334 g/mol. The molecule has 1 aliphatic carbocycles. The first-order chi connectivity index (χ1) is 9.26. The topological polar surface area (TPSA) is 9.23 Å². The molecule has 0 spiro atoms. The summed E-state index contributed by atoms with van der Waals surface area (Å²) in [6, 6.07) is 12.9. The summed E-state index contributed by atoms with van der Waals surface area (Å²) in [5, 5.41) is 0. The highest BCUT2D eigenvalue weighted by molar-refractivity contribution is 9.10. The normalized spacial score (nSPS) is 13.4. The van der Waals surface area contributed by atoms with Crippen LogP contribution in [-0.2, 0) is 12.8 Å². The zero-order chi connectivity index (χ0) is 13.2. The summed E-state index contributed by atoms with van der Waals surface area (Å²) in [7, 11) is 1.70. The van der Waals surface area contributed by atoms with Gasteiger partial charge in [0.2, 0.25) is 0 Å². The number of halogens is 1. The molecule has 0 aliphatic heterocycles. The summed E-state index contributed by atoms with van der Waals surface area (Å²) in [6.45, 7) is 0. The fraction of sp³-hybridized carbons (Fsp3) is 0.250. The lowest BCUT2D eigenvalue weighted by Crippen LogP contribution is -1.85. The standard InChI is InChI=1S/C16H15BrOS/c1-18-13-6-8-15(17)16(10-13)19-14-7-5-11-3-2-4-12(11)9-14/h5-10H,2-4H2,1H3. The van der Waals surface area contributed by atoms with Gasteiger partial charge in [-0.3, -0.25) is 0 Å². The summed E-state index contributed by atoms with van der Waals surface area (Å²) in [5.74, 6) is 0.895. The van der Waals surface area contributed by atoms with Crippen LogP contribution >= 0.6 is 27.7 Å². The molecule has 2 aromatic rings. The van der Waals surface area contributed by atoms with E-state index in [1.54, 1.807) is 18.9 Å². The highest BCUT2D eigenvalue weighted by atomic mass is 79.9. The van der Waals surface area contributed by atoms with Crippen LogP contribution in [-0.4, -0.2) is 7.11 Å². The Morgan fingerprint density at radius 2 is 1.89 bits per heavy atom. The first-order valence-electron chi connectivity index (χ1n) is 6.39. The van der Waals surface area contributed by atoms with Crippen molar-refractivity contribution in [3.63, 3.8) is 0 Å². The molecule has 0 N–H and O–H groups in total. The van der Waals surface area contributed by atoms with Crippen LogP contribution in [0.3, 0.4) is 0 Å². The van der Waals surface area contributed by atoms with Crippen molar-refractivity contribution >= 4 is 27.7 Å². The van der Waals surface area contributed by atoms with E-state index in [4.69, 9.17) is 4.74 Å². The summed E-state index contributed by atoms with van der Waals surface area (Å²) in [5.41, 5.74) is 3.04. The highest BCUT2D eigenvalue weighted by Crippen LogP contribution is 2.37. The van der Waals surface area contributed by atoms with Crippen molar-refractivity contribution in [1.82, 2.24) is 0 Å². The summed E-state index contributed by atoms with van der Waals surface area (Å²) in [6.07, 6.45) is 3.76. The van der Waals surface area contributed by atoms with Gasteiger partial charge in [-0.15, -0.1) is 0 Å². The van der Waals surface area contributed by atoms with Gasteiger partial charge in [0.15, 0.2) is 0 Å². The second-order valence-electron chi connectivity index (χ2n) is 4.68. The van der Waals surface area contributed by atoms with Gasteiger partial charge in [-0.25, -0.2) is 0 Å². The summed E-state index contributed by atoms with van der Waals surface area (Å²) >= 11 is 5.39. The van der Waals surface area contributed by atoms with Gasteiger partial charge in [0, 0.05) is 14.3 Å². The second kappa shape index (κ2) is 5.59. The fourth-order valence-electron chi connectivity index (χ4n) is 2.43. The van der Waals surface area contributed by atoms with E-state index in [0.29, 0.717) is 0 Å². The average molecular weight is 335 g/mol. The van der Waals surface area contributed by atoms with Crippen LogP contribution in [0.15, 0.2) is 50.7 Å². The van der Waals surface area contributed by atoms with E-state index in [2.05, 4.69) is 40.2 Å². The van der Waals surface area contributed by atoms with Gasteiger partial charge in [0.1, 0.15) is 5.75 Å². The van der Waals surface area contributed by atoms with Gasteiger partial charge >= 0.3 is 0 Å². The maximum absolute atomic E-state index is 5.29. The zero-order valence-electron chi connectivity index (χ0n) is 10.8. The lowest BCUT2D eigenvalue weighted by atomic mass is 10.1. The Labute approximate surface area is 126 Å². The molecule has 1 aliphatic rings. The van der Waals surface area contributed by atoms with E-state index in [1.807, 2.05) is 12.1 Å². The number of methoxy groups -OCH3 is 1. The van der Waals surface area contributed by atoms with E-state index < -0.39 is 0 Å². The second-order valence-corrected chi connectivity index (χ2v) is 6.65. The lowest BCUT2D eigenvalue weighted by Gasteiger charge is -2.08. The SMILES string of the molecule is COc1ccc(Br)c(Sc2ccc3c(c2)CCC3)c1. The van der Waals surface area contributed by atoms with Crippen LogP contribution < -0.4 is 4.74 Å². The summed E-state index contributed by atoms with van der Waals surface area (Å²) in [4.78, 5) is 2.49. The number of fused-ring (bicyclic) bond motifs is 1. The Morgan fingerprint density at radius 3 is 2.74 bits per heavy atom. The van der Waals surface area contributed by atoms with Gasteiger partial charge < -0.3 is 4.74 Å². The van der Waals surface area contributed by atoms with Gasteiger partial charge in [0.25, 0.3) is 0 Å². The van der Waals surface area contributed by atoms with Crippen LogP contribution in [0.25, 0.3) is 0 Å². The van der Waals surface area contributed by atoms with Gasteiger partial charge in [0.05, 0.1) is 7.11 Å². The molecule has 0 saturated carbocycles. The minimum atomic E-state index is 0.895. The molecular weight excluding hydrogens is 320 g/mol. The van der Waals surface area contributed by atoms with Gasteiger partial charge in [-0.05, 0) is 76.7 Å². The number of hydrogen-bond acceptors (Lipinski definition) is 2. The first kappa shape index (κ1) is 13.1. The molecule has 0 unspecified atom stereocenters. The van der Waals surface area contributed by atoms with Crippen molar-refractivity contribution < 1.29 is 4.74 Å². The highest BCUT2D eigenvalue weighted by Gasteiger charge is 2.12. The van der Waals surface area contributed by atoms with Crippen molar-refractivity contribution in [2.45, 2.75) is 29.1 Å². The predicted octanol–water partition coefficient (Wildman–Crippen LogP) is 5.10. The molecule has 3 heteroatoms. The zero-order valence-corrected chi connectivity index (χ0v) is 13.2. The minimum Gasteiger partial charge on any atom is -0.497 e. The summed E-state index contributed by atoms with van der Waals surface area (Å²) < 4.78 is 6.40. The van der Waals surface area contributed by atoms with Crippen molar-refractivity contribution in [3.05, 3.63) is 52.0 Å². The van der Waals surface area contributed by atoms with Crippen molar-refractivity contribution in [2.75, 3.05) is 7.11 Å². The van der Waals surface area contributed by atoms with Gasteiger partial charge in [-0.2, -0.15) is 0 Å². The van der Waals surface area contributed by atoms with E-state index in [0.717, 1.165) is 10.2 Å². The van der Waals surface area contributed by atoms with Crippen LogP contribution in [0.5, 0.6) is 5.75 Å². The quantitative estimate of drug-likeness (QED) is 0.772. The number of aryl methyl sites for hydroxylation is 2. The van der Waals surface area contributed by atoms with E-state index >= 15 is 0 Å². The molecule has 0 radical (unpaired) electrons. The number of ether oxygens (including phenoxy) is 1. The molecular formula is C16H15BrOS. The molecule has 0 fully saturated rings. The fourth-order valence-corrected chi connectivity index (χ4v) is 3.85. The molecule has 0 atom stereocenters. The molecule has 1 nitrogen and oxygen atoms in total. The molecule has 3 rings (SSSR count). The van der Waals surface area contributed by atoms with Crippen molar-refractivity contribution in [3.8, 4) is 5.75 Å². The molecule has 98 valence electrons. The molecule has 0 heterocycles. The Balaban J connectivity index is 1.88. The third-order valence-electron chi connectivity index (χ3n) is 3.44. The Morgan fingerprint density at radius 1 is 1.05 bits per heavy atom. The van der Waals surface area contributed by atoms with E-state index in [9.17, 15) is 0 Å². The van der Waals surface area contributed by atoms with Crippen LogP contribution in [0.2, 0.25) is 0 Å². The smallest absolute Gasteiger partial charge is 0.120 e. The van der Waals surface area contributed by atoms with Crippen LogP contribution in [0.1, 0.15) is 17.5 Å². The average Bonchev–Trinajstić information content (AvgIpc) is 2.89. The minimum absolute atomic E-state index is 0.895. The Kier molecular flexibility index (Phi) is 3.85. The Bertz CT molecular complexity index is 610. The molecule has 2 aromatic carbocycles. The number of rotatable bonds is 3. The molecule has 0 amide bonds. The van der Waals surface area contributed by atoms with Gasteiger partial charge in [-0.1, -0.05) is 17.8 Å². The largest absolute Gasteiger partial charge is 0.497 e. The predicted molar refractivity (Wildman–Crippen MR) is 83.3 cm³/mol. The molecule has 0 aromatic heterocycles. The van der Waals surface area contributed by atoms with Crippen LogP contribution in [0, 0.1) is 0 Å². The van der Waals surface area contributed by atoms with Crippen molar-refractivity contribution in [2.24, 2.45) is 0 Å². The lowest BCUT2D eigenvalue weighted by molar-refractivity contribution is 0.413. The van der Waals surface area contributed by atoms with E-state index in [1.165, 1.54) is 40.2 Å². The third kappa shape index (κ3) is 2.82. The number of hydrogen-bond donors (Lipinski definition) is 0. The molecule has 19 heavy (non-hydrogen) atoms. The maximum atomic E-state index is 5.29. The number of benzene rings is 2. The molecule has 0 saturated heterocycles. The molecule has 0 bridgehead atoms. The maximum Gasteiger partial charge on any atom is 0.120 e. The third-order valence-corrected chi connectivity index (χ3v) is 5.44.